The van der Waals surface area contributed by atoms with Crippen LogP contribution in [0.5, 0.6) is 0 Å². The summed E-state index contributed by atoms with van der Waals surface area (Å²) in [6.07, 6.45) is 4.66. The maximum atomic E-state index is 12.7. The maximum absolute atomic E-state index is 12.7. The smallest absolute Gasteiger partial charge is 0.229 e. The summed E-state index contributed by atoms with van der Waals surface area (Å²) < 4.78 is 1.54. The van der Waals surface area contributed by atoms with Crippen molar-refractivity contribution in [2.45, 2.75) is 12.8 Å². The van der Waals surface area contributed by atoms with Crippen molar-refractivity contribution < 1.29 is 4.79 Å². The highest BCUT2D eigenvalue weighted by Gasteiger charge is 2.27. The Morgan fingerprint density at radius 3 is 2.54 bits per heavy atom. The lowest BCUT2D eigenvalue weighted by molar-refractivity contribution is -0.120. The molecule has 3 heterocycles. The van der Waals surface area contributed by atoms with Crippen LogP contribution in [0.15, 0.2) is 43.0 Å². The van der Waals surface area contributed by atoms with E-state index in [1.807, 2.05) is 12.1 Å². The van der Waals surface area contributed by atoms with Gasteiger partial charge in [0.1, 0.15) is 12.7 Å². The van der Waals surface area contributed by atoms with Crippen LogP contribution in [0.2, 0.25) is 10.0 Å². The first-order chi connectivity index (χ1) is 13.6. The van der Waals surface area contributed by atoms with E-state index < -0.39 is 0 Å². The summed E-state index contributed by atoms with van der Waals surface area (Å²) in [5.74, 6) is 1.00. The third kappa shape index (κ3) is 3.93. The molecule has 1 N–H and O–H groups in total. The molecule has 1 aliphatic rings. The van der Waals surface area contributed by atoms with Gasteiger partial charge in [-0.05, 0) is 37.1 Å². The number of benzene rings is 1. The highest BCUT2D eigenvalue weighted by Crippen LogP contribution is 2.31. The molecule has 0 radical (unpaired) electrons. The normalized spacial score (nSPS) is 16.8. The van der Waals surface area contributed by atoms with Crippen molar-refractivity contribution in [2.75, 3.05) is 23.3 Å². The third-order valence-corrected chi connectivity index (χ3v) is 5.25. The maximum Gasteiger partial charge on any atom is 0.229 e. The Bertz CT molecular complexity index is 942. The lowest BCUT2D eigenvalue weighted by Crippen LogP contribution is -2.41. The molecule has 0 spiro atoms. The van der Waals surface area contributed by atoms with Crippen LogP contribution in [0, 0.1) is 5.92 Å². The zero-order chi connectivity index (χ0) is 19.5. The average Bonchev–Trinajstić information content (AvgIpc) is 3.26. The van der Waals surface area contributed by atoms with Gasteiger partial charge >= 0.3 is 0 Å². The molecule has 1 atom stereocenters. The molecule has 1 fully saturated rings. The van der Waals surface area contributed by atoms with Crippen LogP contribution in [0.1, 0.15) is 12.8 Å². The minimum Gasteiger partial charge on any atom is -0.354 e. The monoisotopic (exact) mass is 417 g/mol. The summed E-state index contributed by atoms with van der Waals surface area (Å²) in [6, 6.07) is 8.83. The Labute approximate surface area is 171 Å². The van der Waals surface area contributed by atoms with E-state index >= 15 is 0 Å². The third-order valence-electron chi connectivity index (χ3n) is 4.62. The number of halogens is 2. The molecule has 0 bridgehead atoms. The summed E-state index contributed by atoms with van der Waals surface area (Å²) in [7, 11) is 0. The Morgan fingerprint density at radius 2 is 1.86 bits per heavy atom. The molecule has 0 saturated carbocycles. The van der Waals surface area contributed by atoms with Crippen LogP contribution in [0.25, 0.3) is 5.82 Å². The van der Waals surface area contributed by atoms with Crippen molar-refractivity contribution in [2.24, 2.45) is 5.92 Å². The molecule has 0 aliphatic carbocycles. The number of carbonyl (C=O) groups excluding carboxylic acids is 1. The van der Waals surface area contributed by atoms with Crippen molar-refractivity contribution in [3.63, 3.8) is 0 Å². The van der Waals surface area contributed by atoms with Gasteiger partial charge in [0.25, 0.3) is 0 Å². The van der Waals surface area contributed by atoms with Gasteiger partial charge in [0.15, 0.2) is 11.6 Å². The van der Waals surface area contributed by atoms with E-state index in [4.69, 9.17) is 23.2 Å². The Morgan fingerprint density at radius 1 is 1.11 bits per heavy atom. The van der Waals surface area contributed by atoms with E-state index in [9.17, 15) is 4.79 Å². The lowest BCUT2D eigenvalue weighted by Gasteiger charge is -2.32. The number of nitrogens with one attached hydrogen (secondary N) is 1. The summed E-state index contributed by atoms with van der Waals surface area (Å²) in [5.41, 5.74) is 0.449. The fourth-order valence-electron chi connectivity index (χ4n) is 3.18. The number of hydrogen-bond acceptors (Lipinski definition) is 6. The Kier molecular flexibility index (Phi) is 5.40. The van der Waals surface area contributed by atoms with Crippen molar-refractivity contribution in [1.82, 2.24) is 25.0 Å². The molecule has 1 unspecified atom stereocenters. The molecule has 1 aromatic carbocycles. The molecule has 28 heavy (non-hydrogen) atoms. The van der Waals surface area contributed by atoms with Crippen LogP contribution < -0.4 is 10.2 Å². The highest BCUT2D eigenvalue weighted by molar-refractivity contribution is 6.39. The van der Waals surface area contributed by atoms with Gasteiger partial charge < -0.3 is 10.2 Å². The van der Waals surface area contributed by atoms with Gasteiger partial charge in [0.2, 0.25) is 5.91 Å². The number of rotatable bonds is 4. The van der Waals surface area contributed by atoms with Gasteiger partial charge in [-0.2, -0.15) is 5.10 Å². The van der Waals surface area contributed by atoms with Gasteiger partial charge in [-0.3, -0.25) is 4.79 Å². The standard InChI is InChI=1S/C18H17Cl2N7O/c19-13-4-1-5-14(20)17(13)23-18(28)12-3-2-8-26(9-12)15-6-7-16(25-24-15)27-11-21-10-22-27/h1,4-7,10-12H,2-3,8-9H2,(H,23,28). The summed E-state index contributed by atoms with van der Waals surface area (Å²) in [4.78, 5) is 18.7. The van der Waals surface area contributed by atoms with E-state index in [-0.39, 0.29) is 11.8 Å². The molecular formula is C18H17Cl2N7O. The lowest BCUT2D eigenvalue weighted by atomic mass is 9.97. The van der Waals surface area contributed by atoms with Crippen molar-refractivity contribution in [3.8, 4) is 5.82 Å². The second-order valence-electron chi connectivity index (χ2n) is 6.46. The minimum atomic E-state index is -0.196. The molecule has 3 aromatic rings. The Hall–Kier alpha value is -2.71. The second-order valence-corrected chi connectivity index (χ2v) is 7.28. The fraction of sp³-hybridized carbons (Fsp3) is 0.278. The van der Waals surface area contributed by atoms with E-state index in [1.54, 1.807) is 24.5 Å². The molecule has 4 rings (SSSR count). The minimum absolute atomic E-state index is 0.105. The largest absolute Gasteiger partial charge is 0.354 e. The van der Waals surface area contributed by atoms with Crippen LogP contribution >= 0.6 is 23.2 Å². The predicted octanol–water partition coefficient (Wildman–Crippen LogP) is 3.22. The molecule has 10 heteroatoms. The fourth-order valence-corrected chi connectivity index (χ4v) is 3.67. The average molecular weight is 418 g/mol. The number of anilines is 2. The summed E-state index contributed by atoms with van der Waals surface area (Å²) >= 11 is 12.3. The van der Waals surface area contributed by atoms with Gasteiger partial charge in [-0.1, -0.05) is 29.3 Å². The van der Waals surface area contributed by atoms with Crippen molar-refractivity contribution >= 4 is 40.6 Å². The first kappa shape index (κ1) is 18.6. The van der Waals surface area contributed by atoms with Crippen LogP contribution in [-0.4, -0.2) is 44.0 Å². The van der Waals surface area contributed by atoms with E-state index in [0.717, 1.165) is 25.2 Å². The zero-order valence-corrected chi connectivity index (χ0v) is 16.3. The van der Waals surface area contributed by atoms with Crippen molar-refractivity contribution in [1.29, 1.82) is 0 Å². The topological polar surface area (TPSA) is 88.8 Å². The summed E-state index contributed by atoms with van der Waals surface area (Å²) in [6.45, 7) is 1.36. The molecule has 1 amide bonds. The van der Waals surface area contributed by atoms with Crippen LogP contribution in [-0.2, 0) is 4.79 Å². The number of para-hydroxylation sites is 1. The number of piperidine rings is 1. The van der Waals surface area contributed by atoms with Gasteiger partial charge in [-0.25, -0.2) is 9.67 Å². The number of hydrogen-bond donors (Lipinski definition) is 1. The van der Waals surface area contributed by atoms with Crippen LogP contribution in [0.3, 0.4) is 0 Å². The highest BCUT2D eigenvalue weighted by atomic mass is 35.5. The van der Waals surface area contributed by atoms with Crippen LogP contribution in [0.4, 0.5) is 11.5 Å². The van der Waals surface area contributed by atoms with E-state index in [1.165, 1.54) is 11.0 Å². The molecular weight excluding hydrogens is 401 g/mol. The molecule has 1 aliphatic heterocycles. The van der Waals surface area contributed by atoms with Gasteiger partial charge in [0.05, 0.1) is 21.7 Å². The zero-order valence-electron chi connectivity index (χ0n) is 14.8. The molecule has 1 saturated heterocycles. The van der Waals surface area contributed by atoms with Gasteiger partial charge in [-0.15, -0.1) is 10.2 Å². The first-order valence-electron chi connectivity index (χ1n) is 8.80. The van der Waals surface area contributed by atoms with Gasteiger partial charge in [0, 0.05) is 13.1 Å². The van der Waals surface area contributed by atoms with E-state index in [0.29, 0.717) is 28.1 Å². The molecule has 8 nitrogen and oxygen atoms in total. The Balaban J connectivity index is 1.44. The number of amides is 1. The predicted molar refractivity (Wildman–Crippen MR) is 107 cm³/mol. The van der Waals surface area contributed by atoms with Crippen molar-refractivity contribution in [3.05, 3.63) is 53.0 Å². The quantitative estimate of drug-likeness (QED) is 0.700. The molecule has 2 aromatic heterocycles. The first-order valence-corrected chi connectivity index (χ1v) is 9.56. The SMILES string of the molecule is O=C(Nc1c(Cl)cccc1Cl)C1CCCN(c2ccc(-n3cncn3)nn2)C1. The molecule has 144 valence electrons. The number of aromatic nitrogens is 5. The number of nitrogens with zero attached hydrogens (tertiary/aromatic N) is 6. The van der Waals surface area contributed by atoms with E-state index in [2.05, 4.69) is 30.5 Å². The number of carbonyl (C=O) groups is 1. The second kappa shape index (κ2) is 8.12. The summed E-state index contributed by atoms with van der Waals surface area (Å²) in [5, 5.41) is 16.2.